The zero-order valence-electron chi connectivity index (χ0n) is 19.0. The zero-order valence-corrected chi connectivity index (χ0v) is 19.0. The van der Waals surface area contributed by atoms with Crippen LogP contribution in [0.2, 0.25) is 0 Å². The Balaban J connectivity index is 1.84. The van der Waals surface area contributed by atoms with E-state index >= 15 is 0 Å². The minimum absolute atomic E-state index is 0.0387. The minimum atomic E-state index is -1.09. The molecule has 3 aromatic rings. The van der Waals surface area contributed by atoms with Gasteiger partial charge in [-0.2, -0.15) is 0 Å². The van der Waals surface area contributed by atoms with E-state index in [0.29, 0.717) is 29.0 Å². The number of Topliss-reactive ketones (excluding diaryl/α,β-unsaturated/α-hetero) is 1. The SMILES string of the molecule is CCCOc1ccc(C(O)=C2C(=O)C(=O)N(Cc3cccnc3)[C@@H]2c2ccccc2F)c(C)c1. The number of aryl methyl sites for hydroxylation is 1. The monoisotopic (exact) mass is 460 g/mol. The van der Waals surface area contributed by atoms with Crippen molar-refractivity contribution >= 4 is 17.4 Å². The molecule has 1 fully saturated rings. The number of hydrogen-bond acceptors (Lipinski definition) is 5. The van der Waals surface area contributed by atoms with E-state index in [2.05, 4.69) is 4.98 Å². The number of amides is 1. The molecule has 0 aliphatic carbocycles. The molecule has 2 heterocycles. The predicted molar refractivity (Wildman–Crippen MR) is 125 cm³/mol. The van der Waals surface area contributed by atoms with Gasteiger partial charge in [0.25, 0.3) is 11.7 Å². The van der Waals surface area contributed by atoms with Gasteiger partial charge in [0.1, 0.15) is 17.3 Å². The second-order valence-corrected chi connectivity index (χ2v) is 8.13. The molecule has 0 bridgehead atoms. The van der Waals surface area contributed by atoms with E-state index in [0.717, 1.165) is 6.42 Å². The standard InChI is InChI=1S/C27H25FN2O4/c1-3-13-34-19-10-11-20(17(2)14-19)25(31)23-24(21-8-4-5-9-22(21)28)30(27(33)26(23)32)16-18-7-6-12-29-15-18/h4-12,14-15,24,31H,3,13,16H2,1-2H3/t24-/m1/s1. The summed E-state index contributed by atoms with van der Waals surface area (Å²) in [4.78, 5) is 31.6. The smallest absolute Gasteiger partial charge is 0.295 e. The second kappa shape index (κ2) is 9.87. The third kappa shape index (κ3) is 4.41. The van der Waals surface area contributed by atoms with Crippen molar-refractivity contribution in [1.82, 2.24) is 9.88 Å². The van der Waals surface area contributed by atoms with Crippen LogP contribution in [0.4, 0.5) is 4.39 Å². The van der Waals surface area contributed by atoms with Gasteiger partial charge in [0, 0.05) is 30.1 Å². The molecular formula is C27H25FN2O4. The number of pyridine rings is 1. The van der Waals surface area contributed by atoms with Gasteiger partial charge in [-0.1, -0.05) is 31.2 Å². The first-order valence-electron chi connectivity index (χ1n) is 11.1. The molecule has 174 valence electrons. The summed E-state index contributed by atoms with van der Waals surface area (Å²) in [6.07, 6.45) is 4.03. The van der Waals surface area contributed by atoms with Crippen LogP contribution >= 0.6 is 0 Å². The van der Waals surface area contributed by atoms with Crippen LogP contribution in [0.25, 0.3) is 5.76 Å². The van der Waals surface area contributed by atoms with E-state index in [-0.39, 0.29) is 23.4 Å². The van der Waals surface area contributed by atoms with Crippen LogP contribution in [-0.4, -0.2) is 33.3 Å². The van der Waals surface area contributed by atoms with E-state index in [9.17, 15) is 19.1 Å². The van der Waals surface area contributed by atoms with Crippen molar-refractivity contribution in [3.63, 3.8) is 0 Å². The van der Waals surface area contributed by atoms with Crippen molar-refractivity contribution in [2.75, 3.05) is 6.61 Å². The minimum Gasteiger partial charge on any atom is -0.507 e. The summed E-state index contributed by atoms with van der Waals surface area (Å²) in [6, 6.07) is 13.4. The average Bonchev–Trinajstić information content (AvgIpc) is 3.08. The number of carbonyl (C=O) groups is 2. The summed E-state index contributed by atoms with van der Waals surface area (Å²) in [7, 11) is 0. The van der Waals surface area contributed by atoms with E-state index < -0.39 is 23.5 Å². The third-order valence-corrected chi connectivity index (χ3v) is 5.74. The van der Waals surface area contributed by atoms with E-state index in [1.807, 2.05) is 6.92 Å². The summed E-state index contributed by atoms with van der Waals surface area (Å²) in [5, 5.41) is 11.3. The number of rotatable bonds is 7. The third-order valence-electron chi connectivity index (χ3n) is 5.74. The van der Waals surface area contributed by atoms with Gasteiger partial charge in [0.05, 0.1) is 18.2 Å². The van der Waals surface area contributed by atoms with Crippen molar-refractivity contribution in [3.8, 4) is 5.75 Å². The molecule has 6 nitrogen and oxygen atoms in total. The van der Waals surface area contributed by atoms with Gasteiger partial charge in [0.2, 0.25) is 0 Å². The molecule has 1 aliphatic heterocycles. The van der Waals surface area contributed by atoms with E-state index in [1.54, 1.807) is 55.7 Å². The Bertz CT molecular complexity index is 1260. The fourth-order valence-corrected chi connectivity index (χ4v) is 4.11. The number of aliphatic hydroxyl groups excluding tert-OH is 1. The molecule has 0 unspecified atom stereocenters. The molecule has 1 saturated heterocycles. The molecule has 34 heavy (non-hydrogen) atoms. The lowest BCUT2D eigenvalue weighted by atomic mass is 9.93. The molecule has 0 saturated carbocycles. The first kappa shape index (κ1) is 23.2. The number of aliphatic hydroxyl groups is 1. The highest BCUT2D eigenvalue weighted by molar-refractivity contribution is 6.46. The van der Waals surface area contributed by atoms with Gasteiger partial charge in [-0.15, -0.1) is 0 Å². The average molecular weight is 461 g/mol. The van der Waals surface area contributed by atoms with E-state index in [4.69, 9.17) is 4.74 Å². The molecule has 1 N–H and O–H groups in total. The Morgan fingerprint density at radius 3 is 2.62 bits per heavy atom. The van der Waals surface area contributed by atoms with Crippen LogP contribution in [-0.2, 0) is 16.1 Å². The number of nitrogens with zero attached hydrogens (tertiary/aromatic N) is 2. The number of hydrogen-bond donors (Lipinski definition) is 1. The summed E-state index contributed by atoms with van der Waals surface area (Å²) in [5.41, 5.74) is 1.71. The van der Waals surface area contributed by atoms with Crippen LogP contribution in [0.15, 0.2) is 72.6 Å². The normalized spacial score (nSPS) is 17.3. The highest BCUT2D eigenvalue weighted by Crippen LogP contribution is 2.41. The first-order chi connectivity index (χ1) is 16.4. The molecule has 1 aromatic heterocycles. The number of ether oxygens (including phenoxy) is 1. The maximum absolute atomic E-state index is 14.9. The first-order valence-corrected chi connectivity index (χ1v) is 11.1. The summed E-state index contributed by atoms with van der Waals surface area (Å²) < 4.78 is 20.6. The topological polar surface area (TPSA) is 79.7 Å². The van der Waals surface area contributed by atoms with Crippen LogP contribution in [0.3, 0.4) is 0 Å². The van der Waals surface area contributed by atoms with Gasteiger partial charge in [-0.3, -0.25) is 14.6 Å². The van der Waals surface area contributed by atoms with Crippen LogP contribution < -0.4 is 4.74 Å². The van der Waals surface area contributed by atoms with Crippen LogP contribution in [0.5, 0.6) is 5.75 Å². The lowest BCUT2D eigenvalue weighted by molar-refractivity contribution is -0.140. The Morgan fingerprint density at radius 2 is 1.94 bits per heavy atom. The Morgan fingerprint density at radius 1 is 1.15 bits per heavy atom. The van der Waals surface area contributed by atoms with Gasteiger partial charge >= 0.3 is 0 Å². The molecule has 1 atom stereocenters. The maximum atomic E-state index is 14.9. The zero-order chi connectivity index (χ0) is 24.2. The maximum Gasteiger partial charge on any atom is 0.295 e. The van der Waals surface area contributed by atoms with Gasteiger partial charge in [0.15, 0.2) is 0 Å². The summed E-state index contributed by atoms with van der Waals surface area (Å²) >= 11 is 0. The Labute approximate surface area is 197 Å². The number of aromatic nitrogens is 1. The lowest BCUT2D eigenvalue weighted by Crippen LogP contribution is -2.29. The molecule has 1 aliphatic rings. The highest BCUT2D eigenvalue weighted by atomic mass is 19.1. The van der Waals surface area contributed by atoms with Crippen molar-refractivity contribution < 1.29 is 23.8 Å². The number of ketones is 1. The summed E-state index contributed by atoms with van der Waals surface area (Å²) in [6.45, 7) is 4.37. The number of carbonyl (C=O) groups excluding carboxylic acids is 2. The quantitative estimate of drug-likeness (QED) is 0.307. The van der Waals surface area contributed by atoms with Crippen LogP contribution in [0.1, 0.15) is 41.6 Å². The number of benzene rings is 2. The largest absolute Gasteiger partial charge is 0.507 e. The molecule has 4 rings (SSSR count). The van der Waals surface area contributed by atoms with Crippen molar-refractivity contribution in [3.05, 3.63) is 101 Å². The van der Waals surface area contributed by atoms with Crippen molar-refractivity contribution in [2.45, 2.75) is 32.9 Å². The molecule has 0 spiro atoms. The molecule has 0 radical (unpaired) electrons. The molecule has 2 aromatic carbocycles. The predicted octanol–water partition coefficient (Wildman–Crippen LogP) is 4.94. The van der Waals surface area contributed by atoms with Crippen molar-refractivity contribution in [1.29, 1.82) is 0 Å². The fourth-order valence-electron chi connectivity index (χ4n) is 4.11. The molecular weight excluding hydrogens is 435 g/mol. The Hall–Kier alpha value is -4.00. The Kier molecular flexibility index (Phi) is 6.72. The number of halogens is 1. The fraction of sp³-hybridized carbons (Fsp3) is 0.222. The molecule has 1 amide bonds. The van der Waals surface area contributed by atoms with E-state index in [1.165, 1.54) is 23.1 Å². The number of likely N-dealkylation sites (tertiary alicyclic amines) is 1. The van der Waals surface area contributed by atoms with Gasteiger partial charge in [-0.25, -0.2) is 4.39 Å². The second-order valence-electron chi connectivity index (χ2n) is 8.13. The van der Waals surface area contributed by atoms with Crippen molar-refractivity contribution in [2.24, 2.45) is 0 Å². The van der Waals surface area contributed by atoms with Gasteiger partial charge < -0.3 is 14.7 Å². The lowest BCUT2D eigenvalue weighted by Gasteiger charge is -2.25. The van der Waals surface area contributed by atoms with Crippen LogP contribution in [0, 0.1) is 12.7 Å². The highest BCUT2D eigenvalue weighted by Gasteiger charge is 2.47. The molecule has 7 heteroatoms. The van der Waals surface area contributed by atoms with Gasteiger partial charge in [-0.05, 0) is 54.8 Å². The summed E-state index contributed by atoms with van der Waals surface area (Å²) in [5.74, 6) is -1.95.